The average Bonchev–Trinajstić information content (AvgIpc) is 2.42. The van der Waals surface area contributed by atoms with Crippen molar-refractivity contribution in [3.8, 4) is 0 Å². The fourth-order valence-electron chi connectivity index (χ4n) is 2.20. The largest absolute Gasteiger partial charge is 0.378 e. The van der Waals surface area contributed by atoms with E-state index in [4.69, 9.17) is 16.3 Å². The number of hydrogen-bond donors (Lipinski definition) is 0. The van der Waals surface area contributed by atoms with Crippen LogP contribution in [0.25, 0.3) is 0 Å². The fraction of sp³-hybridized carbons (Fsp3) is 0.538. The van der Waals surface area contributed by atoms with Crippen molar-refractivity contribution in [1.29, 1.82) is 0 Å². The number of piperidine rings is 1. The molecular formula is C13H16ClFN2O2. The maximum Gasteiger partial charge on any atom is 0.257 e. The molecule has 1 aliphatic rings. The van der Waals surface area contributed by atoms with Gasteiger partial charge >= 0.3 is 0 Å². The van der Waals surface area contributed by atoms with Crippen molar-refractivity contribution in [3.05, 3.63) is 28.8 Å². The zero-order chi connectivity index (χ0) is 13.8. The molecule has 0 atom stereocenters. The van der Waals surface area contributed by atoms with E-state index >= 15 is 0 Å². The summed E-state index contributed by atoms with van der Waals surface area (Å²) < 4.78 is 18.6. The standard InChI is InChI=1S/C13H16ClFN2O2/c1-2-19-10-3-5-17(6-4-10)13(18)11-7-9(15)8-16-12(11)14/h7-8,10H,2-6H2,1H3. The predicted molar refractivity (Wildman–Crippen MR) is 69.8 cm³/mol. The van der Waals surface area contributed by atoms with Crippen molar-refractivity contribution in [2.45, 2.75) is 25.9 Å². The molecular weight excluding hydrogens is 271 g/mol. The zero-order valence-electron chi connectivity index (χ0n) is 10.7. The molecule has 1 aliphatic heterocycles. The van der Waals surface area contributed by atoms with Crippen LogP contribution in [0.5, 0.6) is 0 Å². The van der Waals surface area contributed by atoms with Crippen LogP contribution in [0.3, 0.4) is 0 Å². The number of amides is 1. The molecule has 0 bridgehead atoms. The third-order valence-electron chi connectivity index (χ3n) is 3.17. The number of likely N-dealkylation sites (tertiary alicyclic amines) is 1. The molecule has 1 amide bonds. The monoisotopic (exact) mass is 286 g/mol. The molecule has 1 aromatic heterocycles. The summed E-state index contributed by atoms with van der Waals surface area (Å²) in [5.74, 6) is -0.830. The number of rotatable bonds is 3. The third kappa shape index (κ3) is 3.42. The van der Waals surface area contributed by atoms with E-state index in [9.17, 15) is 9.18 Å². The van der Waals surface area contributed by atoms with Gasteiger partial charge in [0.15, 0.2) is 0 Å². The number of halogens is 2. The predicted octanol–water partition coefficient (Wildman–Crippen LogP) is 2.52. The van der Waals surface area contributed by atoms with E-state index in [2.05, 4.69) is 4.98 Å². The number of pyridine rings is 1. The molecule has 4 nitrogen and oxygen atoms in total. The molecule has 2 rings (SSSR count). The van der Waals surface area contributed by atoms with Crippen LogP contribution in [0.1, 0.15) is 30.1 Å². The van der Waals surface area contributed by atoms with Crippen molar-refractivity contribution >= 4 is 17.5 Å². The zero-order valence-corrected chi connectivity index (χ0v) is 11.5. The summed E-state index contributed by atoms with van der Waals surface area (Å²) in [5, 5.41) is 0.0401. The smallest absolute Gasteiger partial charge is 0.257 e. The summed E-state index contributed by atoms with van der Waals surface area (Å²) in [5.41, 5.74) is 0.122. The van der Waals surface area contributed by atoms with Gasteiger partial charge in [-0.15, -0.1) is 0 Å². The minimum atomic E-state index is -0.558. The SMILES string of the molecule is CCOC1CCN(C(=O)c2cc(F)cnc2Cl)CC1. The van der Waals surface area contributed by atoms with E-state index < -0.39 is 5.82 Å². The second-order valence-corrected chi connectivity index (χ2v) is 4.80. The Bertz CT molecular complexity index is 462. The molecule has 104 valence electrons. The molecule has 0 N–H and O–H groups in total. The maximum atomic E-state index is 13.1. The highest BCUT2D eigenvalue weighted by Crippen LogP contribution is 2.20. The van der Waals surface area contributed by atoms with Gasteiger partial charge in [0.1, 0.15) is 11.0 Å². The Morgan fingerprint density at radius 3 is 2.89 bits per heavy atom. The lowest BCUT2D eigenvalue weighted by atomic mass is 10.1. The summed E-state index contributed by atoms with van der Waals surface area (Å²) in [4.78, 5) is 17.6. The van der Waals surface area contributed by atoms with Gasteiger partial charge in [-0.2, -0.15) is 0 Å². The summed E-state index contributed by atoms with van der Waals surface area (Å²) in [6, 6.07) is 1.13. The van der Waals surface area contributed by atoms with Crippen molar-refractivity contribution in [2.75, 3.05) is 19.7 Å². The van der Waals surface area contributed by atoms with Crippen molar-refractivity contribution in [1.82, 2.24) is 9.88 Å². The number of nitrogens with zero attached hydrogens (tertiary/aromatic N) is 2. The molecule has 0 spiro atoms. The first-order valence-corrected chi connectivity index (χ1v) is 6.71. The second-order valence-electron chi connectivity index (χ2n) is 4.44. The fourth-order valence-corrected chi connectivity index (χ4v) is 2.39. The van der Waals surface area contributed by atoms with E-state index in [1.165, 1.54) is 0 Å². The van der Waals surface area contributed by atoms with Crippen LogP contribution in [-0.4, -0.2) is 41.6 Å². The van der Waals surface area contributed by atoms with Gasteiger partial charge in [0.05, 0.1) is 17.9 Å². The summed E-state index contributed by atoms with van der Waals surface area (Å²) in [7, 11) is 0. The topological polar surface area (TPSA) is 42.4 Å². The Kier molecular flexibility index (Phi) is 4.71. The van der Waals surface area contributed by atoms with Gasteiger partial charge < -0.3 is 9.64 Å². The Labute approximate surface area is 116 Å². The quantitative estimate of drug-likeness (QED) is 0.802. The highest BCUT2D eigenvalue weighted by molar-refractivity contribution is 6.32. The van der Waals surface area contributed by atoms with E-state index in [0.717, 1.165) is 25.1 Å². The summed E-state index contributed by atoms with van der Waals surface area (Å²) in [6.45, 7) is 3.82. The molecule has 0 saturated carbocycles. The lowest BCUT2D eigenvalue weighted by Gasteiger charge is -2.31. The van der Waals surface area contributed by atoms with E-state index in [1.54, 1.807) is 4.90 Å². The number of carbonyl (C=O) groups is 1. The molecule has 0 unspecified atom stereocenters. The van der Waals surface area contributed by atoms with E-state index in [0.29, 0.717) is 19.7 Å². The first-order chi connectivity index (χ1) is 9.11. The lowest BCUT2D eigenvalue weighted by Crippen LogP contribution is -2.41. The van der Waals surface area contributed by atoms with Crippen LogP contribution < -0.4 is 0 Å². The van der Waals surface area contributed by atoms with Gasteiger partial charge in [-0.05, 0) is 25.8 Å². The van der Waals surface area contributed by atoms with Gasteiger partial charge in [0.25, 0.3) is 5.91 Å². The molecule has 1 fully saturated rings. The highest BCUT2D eigenvalue weighted by Gasteiger charge is 2.25. The first-order valence-electron chi connectivity index (χ1n) is 6.33. The van der Waals surface area contributed by atoms with Crippen LogP contribution >= 0.6 is 11.6 Å². The molecule has 2 heterocycles. The number of hydrogen-bond acceptors (Lipinski definition) is 3. The molecule has 0 aromatic carbocycles. The normalized spacial score (nSPS) is 16.7. The first kappa shape index (κ1) is 14.2. The van der Waals surface area contributed by atoms with Crippen LogP contribution in [0.15, 0.2) is 12.3 Å². The third-order valence-corrected chi connectivity index (χ3v) is 3.47. The van der Waals surface area contributed by atoms with Crippen LogP contribution in [0.4, 0.5) is 4.39 Å². The van der Waals surface area contributed by atoms with Crippen LogP contribution in [-0.2, 0) is 4.74 Å². The van der Waals surface area contributed by atoms with Gasteiger partial charge in [-0.25, -0.2) is 9.37 Å². The number of carbonyl (C=O) groups excluding carboxylic acids is 1. The summed E-state index contributed by atoms with van der Waals surface area (Å²) in [6.07, 6.45) is 2.79. The van der Waals surface area contributed by atoms with Gasteiger partial charge in [0, 0.05) is 19.7 Å². The molecule has 19 heavy (non-hydrogen) atoms. The molecule has 1 saturated heterocycles. The van der Waals surface area contributed by atoms with Crippen molar-refractivity contribution < 1.29 is 13.9 Å². The number of aromatic nitrogens is 1. The molecule has 6 heteroatoms. The molecule has 0 aliphatic carbocycles. The van der Waals surface area contributed by atoms with Crippen LogP contribution in [0, 0.1) is 5.82 Å². The number of ether oxygens (including phenoxy) is 1. The Hall–Kier alpha value is -1.20. The van der Waals surface area contributed by atoms with Gasteiger partial charge in [0.2, 0.25) is 0 Å². The van der Waals surface area contributed by atoms with Gasteiger partial charge in [-0.3, -0.25) is 4.79 Å². The minimum Gasteiger partial charge on any atom is -0.378 e. The van der Waals surface area contributed by atoms with Gasteiger partial charge in [-0.1, -0.05) is 11.6 Å². The highest BCUT2D eigenvalue weighted by atomic mass is 35.5. The lowest BCUT2D eigenvalue weighted by molar-refractivity contribution is 0.0146. The Morgan fingerprint density at radius 1 is 1.58 bits per heavy atom. The van der Waals surface area contributed by atoms with E-state index in [1.807, 2.05) is 6.92 Å². The minimum absolute atomic E-state index is 0.0401. The molecule has 1 aromatic rings. The van der Waals surface area contributed by atoms with E-state index in [-0.39, 0.29) is 22.7 Å². The summed E-state index contributed by atoms with van der Waals surface area (Å²) >= 11 is 5.84. The van der Waals surface area contributed by atoms with Crippen molar-refractivity contribution in [2.24, 2.45) is 0 Å². The average molecular weight is 287 g/mol. The Balaban J connectivity index is 2.03. The van der Waals surface area contributed by atoms with Crippen molar-refractivity contribution in [3.63, 3.8) is 0 Å². The second kappa shape index (κ2) is 6.30. The van der Waals surface area contributed by atoms with Crippen LogP contribution in [0.2, 0.25) is 5.15 Å². The maximum absolute atomic E-state index is 13.1. The Morgan fingerprint density at radius 2 is 2.26 bits per heavy atom. The molecule has 0 radical (unpaired) electrons.